The maximum absolute atomic E-state index is 9.09. The van der Waals surface area contributed by atoms with Crippen molar-refractivity contribution in [3.63, 3.8) is 0 Å². The van der Waals surface area contributed by atoms with Crippen LogP contribution < -0.4 is 0 Å². The molecule has 0 aromatic heterocycles. The second-order valence-electron chi connectivity index (χ2n) is 2.45. The van der Waals surface area contributed by atoms with Crippen LogP contribution in [0.5, 0.6) is 0 Å². The molecule has 1 aromatic rings. The van der Waals surface area contributed by atoms with Crippen LogP contribution in [-0.2, 0) is 0 Å². The number of nitriles is 1. The molecule has 0 radical (unpaired) electrons. The molecule has 1 atom stereocenters. The highest BCUT2D eigenvalue weighted by Gasteiger charge is 2.03. The van der Waals surface area contributed by atoms with Gasteiger partial charge in [-0.05, 0) is 12.5 Å². The van der Waals surface area contributed by atoms with E-state index in [2.05, 4.69) is 0 Å². The fraction of sp³-hybridized carbons (Fsp3) is 0.222. The van der Waals surface area contributed by atoms with Crippen LogP contribution in [0.1, 0.15) is 17.2 Å². The summed E-state index contributed by atoms with van der Waals surface area (Å²) in [6.45, 7) is 1.92. The first-order valence-corrected chi connectivity index (χ1v) is 3.38. The predicted molar refractivity (Wildman–Crippen MR) is 41.8 cm³/mol. The minimum atomic E-state index is -0.991. The number of hydrogen-bond donors (Lipinski definition) is 1. The van der Waals surface area contributed by atoms with Gasteiger partial charge in [-0.3, -0.25) is 0 Å². The van der Waals surface area contributed by atoms with Gasteiger partial charge in [0.05, 0.1) is 6.07 Å². The van der Waals surface area contributed by atoms with Gasteiger partial charge in [-0.2, -0.15) is 5.26 Å². The molecule has 0 heterocycles. The summed E-state index contributed by atoms with van der Waals surface area (Å²) in [7, 11) is 0. The Hall–Kier alpha value is -1.33. The van der Waals surface area contributed by atoms with Gasteiger partial charge >= 0.3 is 0 Å². The van der Waals surface area contributed by atoms with Crippen LogP contribution in [-0.4, -0.2) is 5.11 Å². The number of benzene rings is 1. The van der Waals surface area contributed by atoms with Crippen LogP contribution in [0.15, 0.2) is 24.3 Å². The van der Waals surface area contributed by atoms with Gasteiger partial charge in [0.15, 0.2) is 6.10 Å². The summed E-state index contributed by atoms with van der Waals surface area (Å²) in [6, 6.07) is 9.05. The van der Waals surface area contributed by atoms with E-state index in [-0.39, 0.29) is 0 Å². The van der Waals surface area contributed by atoms with Gasteiger partial charge in [0.1, 0.15) is 0 Å². The number of aryl methyl sites for hydroxylation is 1. The molecule has 0 saturated carbocycles. The molecule has 1 unspecified atom stereocenters. The van der Waals surface area contributed by atoms with Crippen LogP contribution in [0, 0.1) is 18.3 Å². The Morgan fingerprint density at radius 2 is 2.27 bits per heavy atom. The van der Waals surface area contributed by atoms with Gasteiger partial charge in [0.25, 0.3) is 0 Å². The number of nitrogens with zero attached hydrogens (tertiary/aromatic N) is 1. The van der Waals surface area contributed by atoms with Crippen molar-refractivity contribution in [1.82, 2.24) is 0 Å². The van der Waals surface area contributed by atoms with E-state index >= 15 is 0 Å². The maximum atomic E-state index is 9.09. The Morgan fingerprint density at radius 1 is 1.55 bits per heavy atom. The van der Waals surface area contributed by atoms with Crippen molar-refractivity contribution in [2.24, 2.45) is 0 Å². The molecule has 0 aliphatic carbocycles. The molecule has 0 aliphatic heterocycles. The average molecular weight is 147 g/mol. The third kappa shape index (κ3) is 1.79. The van der Waals surface area contributed by atoms with Gasteiger partial charge in [-0.1, -0.05) is 29.8 Å². The van der Waals surface area contributed by atoms with E-state index in [0.717, 1.165) is 5.56 Å². The highest BCUT2D eigenvalue weighted by molar-refractivity contribution is 5.26. The summed E-state index contributed by atoms with van der Waals surface area (Å²) in [5, 5.41) is 17.5. The Kier molecular flexibility index (Phi) is 2.25. The lowest BCUT2D eigenvalue weighted by Gasteiger charge is -2.01. The molecule has 0 saturated heterocycles. The number of hydrogen-bond acceptors (Lipinski definition) is 2. The lowest BCUT2D eigenvalue weighted by molar-refractivity contribution is 0.236. The van der Waals surface area contributed by atoms with E-state index in [1.165, 1.54) is 0 Å². The van der Waals surface area contributed by atoms with Gasteiger partial charge in [-0.25, -0.2) is 0 Å². The van der Waals surface area contributed by atoms with E-state index in [4.69, 9.17) is 10.4 Å². The van der Waals surface area contributed by atoms with Crippen LogP contribution in [0.2, 0.25) is 0 Å². The molecule has 11 heavy (non-hydrogen) atoms. The minimum Gasteiger partial charge on any atom is -0.374 e. The highest BCUT2D eigenvalue weighted by Crippen LogP contribution is 2.12. The number of aliphatic hydroxyl groups is 1. The Bertz CT molecular complexity index is 288. The zero-order chi connectivity index (χ0) is 8.27. The van der Waals surface area contributed by atoms with Crippen LogP contribution in [0.3, 0.4) is 0 Å². The molecular weight excluding hydrogens is 138 g/mol. The van der Waals surface area contributed by atoms with Crippen molar-refractivity contribution >= 4 is 0 Å². The topological polar surface area (TPSA) is 44.0 Å². The summed E-state index contributed by atoms with van der Waals surface area (Å²) in [5.74, 6) is 0. The van der Waals surface area contributed by atoms with E-state index < -0.39 is 6.10 Å². The van der Waals surface area contributed by atoms with Gasteiger partial charge in [-0.15, -0.1) is 0 Å². The summed E-state index contributed by atoms with van der Waals surface area (Å²) in [5.41, 5.74) is 1.71. The van der Waals surface area contributed by atoms with Gasteiger partial charge in [0.2, 0.25) is 0 Å². The standard InChI is InChI=1S/C9H9NO/c1-7-3-2-4-8(5-7)9(11)6-10/h2-5,9,11H,1H3. The zero-order valence-corrected chi connectivity index (χ0v) is 6.28. The van der Waals surface area contributed by atoms with Crippen LogP contribution >= 0.6 is 0 Å². The lowest BCUT2D eigenvalue weighted by Crippen LogP contribution is -1.92. The largest absolute Gasteiger partial charge is 0.374 e. The minimum absolute atomic E-state index is 0.660. The molecule has 56 valence electrons. The normalized spacial score (nSPS) is 12.1. The fourth-order valence-corrected chi connectivity index (χ4v) is 0.915. The van der Waals surface area contributed by atoms with Gasteiger partial charge < -0.3 is 5.11 Å². The Balaban J connectivity index is 2.98. The first-order valence-electron chi connectivity index (χ1n) is 3.38. The van der Waals surface area contributed by atoms with Crippen LogP contribution in [0.25, 0.3) is 0 Å². The average Bonchev–Trinajstić information content (AvgIpc) is 2.03. The second-order valence-corrected chi connectivity index (χ2v) is 2.45. The summed E-state index contributed by atoms with van der Waals surface area (Å²) >= 11 is 0. The van der Waals surface area contributed by atoms with Gasteiger partial charge in [0, 0.05) is 0 Å². The van der Waals surface area contributed by atoms with E-state index in [1.807, 2.05) is 19.1 Å². The smallest absolute Gasteiger partial charge is 0.165 e. The predicted octanol–water partition coefficient (Wildman–Crippen LogP) is 1.55. The van der Waals surface area contributed by atoms with Crippen molar-refractivity contribution in [1.29, 1.82) is 5.26 Å². The molecule has 1 aromatic carbocycles. The van der Waals surface area contributed by atoms with Crippen molar-refractivity contribution in [2.75, 3.05) is 0 Å². The monoisotopic (exact) mass is 147 g/mol. The fourth-order valence-electron chi connectivity index (χ4n) is 0.915. The van der Waals surface area contributed by atoms with Crippen molar-refractivity contribution in [3.05, 3.63) is 35.4 Å². The number of rotatable bonds is 1. The molecule has 0 aliphatic rings. The molecule has 0 spiro atoms. The summed E-state index contributed by atoms with van der Waals surface area (Å²) in [6.07, 6.45) is -0.991. The first-order chi connectivity index (χ1) is 5.24. The van der Waals surface area contributed by atoms with E-state index in [9.17, 15) is 0 Å². The molecule has 2 heteroatoms. The Morgan fingerprint density at radius 3 is 2.82 bits per heavy atom. The first kappa shape index (κ1) is 7.77. The highest BCUT2D eigenvalue weighted by atomic mass is 16.3. The molecule has 0 amide bonds. The molecule has 2 nitrogen and oxygen atoms in total. The maximum Gasteiger partial charge on any atom is 0.165 e. The molecule has 0 bridgehead atoms. The Labute approximate surface area is 65.7 Å². The number of aliphatic hydroxyl groups excluding tert-OH is 1. The third-order valence-electron chi connectivity index (χ3n) is 1.48. The lowest BCUT2D eigenvalue weighted by atomic mass is 10.1. The van der Waals surface area contributed by atoms with Crippen LogP contribution in [0.4, 0.5) is 0 Å². The zero-order valence-electron chi connectivity index (χ0n) is 6.28. The SMILES string of the molecule is Cc1cccc(C(O)C#N)c1. The van der Waals surface area contributed by atoms with Crippen molar-refractivity contribution < 1.29 is 5.11 Å². The van der Waals surface area contributed by atoms with Crippen molar-refractivity contribution in [2.45, 2.75) is 13.0 Å². The van der Waals surface area contributed by atoms with Crippen molar-refractivity contribution in [3.8, 4) is 6.07 Å². The molecule has 0 fully saturated rings. The summed E-state index contributed by atoms with van der Waals surface area (Å²) < 4.78 is 0. The molecule has 1 rings (SSSR count). The van der Waals surface area contributed by atoms with E-state index in [0.29, 0.717) is 5.56 Å². The second kappa shape index (κ2) is 3.18. The summed E-state index contributed by atoms with van der Waals surface area (Å²) in [4.78, 5) is 0. The van der Waals surface area contributed by atoms with E-state index in [1.54, 1.807) is 18.2 Å². The quantitative estimate of drug-likeness (QED) is 0.612. The molecule has 1 N–H and O–H groups in total. The third-order valence-corrected chi connectivity index (χ3v) is 1.48. The molecular formula is C9H9NO.